The Labute approximate surface area is 159 Å². The molecule has 148 valence electrons. The van der Waals surface area contributed by atoms with Crippen LogP contribution in [-0.2, 0) is 16.1 Å². The van der Waals surface area contributed by atoms with Crippen molar-refractivity contribution in [2.75, 3.05) is 40.5 Å². The van der Waals surface area contributed by atoms with E-state index in [9.17, 15) is 14.7 Å². The predicted octanol–water partition coefficient (Wildman–Crippen LogP) is 2.00. The first-order chi connectivity index (χ1) is 13.0. The van der Waals surface area contributed by atoms with Crippen molar-refractivity contribution in [1.29, 1.82) is 0 Å². The topological polar surface area (TPSA) is 79.3 Å². The lowest BCUT2D eigenvalue weighted by molar-refractivity contribution is -0.148. The molecule has 1 unspecified atom stereocenters. The molecule has 1 aromatic carbocycles. The van der Waals surface area contributed by atoms with Gasteiger partial charge in [0.2, 0.25) is 5.91 Å². The molecule has 2 fully saturated rings. The van der Waals surface area contributed by atoms with Gasteiger partial charge in [-0.25, -0.2) is 4.79 Å². The van der Waals surface area contributed by atoms with Gasteiger partial charge >= 0.3 is 5.97 Å². The quantitative estimate of drug-likeness (QED) is 0.784. The Balaban J connectivity index is 1.81. The standard InChI is InChI=1S/C20H28N2O5/c1-26-12-11-21-9-3-7-20(19(21)25)8-4-10-22(20)14-15-5-6-17(27-2)16(13-15)18(23)24/h5-6,13H,3-4,7-12,14H2,1-2H3,(H,23,24). The number of hydrogen-bond donors (Lipinski definition) is 1. The van der Waals surface area contributed by atoms with Crippen LogP contribution in [0.2, 0.25) is 0 Å². The molecular weight excluding hydrogens is 348 g/mol. The third-order valence-electron chi connectivity index (χ3n) is 5.76. The molecule has 2 saturated heterocycles. The molecule has 2 heterocycles. The summed E-state index contributed by atoms with van der Waals surface area (Å²) in [4.78, 5) is 28.9. The Morgan fingerprint density at radius 1 is 1.22 bits per heavy atom. The average Bonchev–Trinajstić information content (AvgIpc) is 3.06. The molecular formula is C20H28N2O5. The van der Waals surface area contributed by atoms with E-state index in [0.29, 0.717) is 25.4 Å². The van der Waals surface area contributed by atoms with Gasteiger partial charge in [-0.05, 0) is 49.9 Å². The van der Waals surface area contributed by atoms with Crippen LogP contribution in [0.5, 0.6) is 5.75 Å². The molecule has 2 aliphatic heterocycles. The molecule has 1 amide bonds. The van der Waals surface area contributed by atoms with Crippen LogP contribution in [0.15, 0.2) is 18.2 Å². The molecule has 1 atom stereocenters. The van der Waals surface area contributed by atoms with Crippen LogP contribution < -0.4 is 4.74 Å². The SMILES string of the molecule is COCCN1CCCC2(CCCN2Cc2ccc(OC)c(C(=O)O)c2)C1=O. The summed E-state index contributed by atoms with van der Waals surface area (Å²) in [5, 5.41) is 9.42. The van der Waals surface area contributed by atoms with Gasteiger partial charge in [0.1, 0.15) is 16.9 Å². The minimum atomic E-state index is -1.01. The molecule has 0 aliphatic carbocycles. The van der Waals surface area contributed by atoms with E-state index >= 15 is 0 Å². The second-order valence-corrected chi connectivity index (χ2v) is 7.29. The Morgan fingerprint density at radius 3 is 2.63 bits per heavy atom. The van der Waals surface area contributed by atoms with Crippen LogP contribution in [-0.4, -0.2) is 72.8 Å². The van der Waals surface area contributed by atoms with E-state index < -0.39 is 11.5 Å². The number of benzene rings is 1. The molecule has 1 N–H and O–H groups in total. The normalized spacial score (nSPS) is 23.2. The number of amides is 1. The van der Waals surface area contributed by atoms with Crippen molar-refractivity contribution >= 4 is 11.9 Å². The molecule has 2 aliphatic rings. The molecule has 7 nitrogen and oxygen atoms in total. The van der Waals surface area contributed by atoms with E-state index in [1.54, 1.807) is 19.2 Å². The maximum Gasteiger partial charge on any atom is 0.339 e. The van der Waals surface area contributed by atoms with Crippen LogP contribution >= 0.6 is 0 Å². The van der Waals surface area contributed by atoms with Crippen LogP contribution in [0, 0.1) is 0 Å². The summed E-state index contributed by atoms with van der Waals surface area (Å²) in [6, 6.07) is 5.23. The zero-order valence-electron chi connectivity index (χ0n) is 16.1. The summed E-state index contributed by atoms with van der Waals surface area (Å²) >= 11 is 0. The number of likely N-dealkylation sites (tertiary alicyclic amines) is 2. The van der Waals surface area contributed by atoms with Gasteiger partial charge < -0.3 is 19.5 Å². The first-order valence-electron chi connectivity index (χ1n) is 9.45. The highest BCUT2D eigenvalue weighted by molar-refractivity contribution is 5.91. The molecule has 27 heavy (non-hydrogen) atoms. The van der Waals surface area contributed by atoms with E-state index in [4.69, 9.17) is 9.47 Å². The minimum Gasteiger partial charge on any atom is -0.496 e. The fourth-order valence-corrected chi connectivity index (χ4v) is 4.41. The minimum absolute atomic E-state index is 0.153. The summed E-state index contributed by atoms with van der Waals surface area (Å²) < 4.78 is 10.3. The first-order valence-corrected chi connectivity index (χ1v) is 9.45. The van der Waals surface area contributed by atoms with Crippen molar-refractivity contribution < 1.29 is 24.2 Å². The number of carboxylic acids is 1. The number of piperidine rings is 1. The lowest BCUT2D eigenvalue weighted by Gasteiger charge is -2.44. The predicted molar refractivity (Wildman–Crippen MR) is 100 cm³/mol. The van der Waals surface area contributed by atoms with Crippen LogP contribution in [0.4, 0.5) is 0 Å². The monoisotopic (exact) mass is 376 g/mol. The van der Waals surface area contributed by atoms with Crippen molar-refractivity contribution in [3.8, 4) is 5.75 Å². The van der Waals surface area contributed by atoms with Gasteiger partial charge in [0.05, 0.1) is 13.7 Å². The number of carbonyl (C=O) groups excluding carboxylic acids is 1. The third kappa shape index (κ3) is 3.80. The van der Waals surface area contributed by atoms with E-state index in [-0.39, 0.29) is 11.5 Å². The molecule has 1 spiro atoms. The maximum atomic E-state index is 13.2. The van der Waals surface area contributed by atoms with Gasteiger partial charge in [0.25, 0.3) is 0 Å². The largest absolute Gasteiger partial charge is 0.496 e. The van der Waals surface area contributed by atoms with E-state index in [1.165, 1.54) is 7.11 Å². The second-order valence-electron chi connectivity index (χ2n) is 7.29. The zero-order chi connectivity index (χ0) is 19.4. The van der Waals surface area contributed by atoms with Crippen molar-refractivity contribution in [2.24, 2.45) is 0 Å². The Hall–Kier alpha value is -2.12. The number of carbonyl (C=O) groups is 2. The zero-order valence-corrected chi connectivity index (χ0v) is 16.1. The number of carboxylic acid groups (broad SMARTS) is 1. The van der Waals surface area contributed by atoms with Gasteiger partial charge in [0.15, 0.2) is 0 Å². The fraction of sp³-hybridized carbons (Fsp3) is 0.600. The number of aromatic carboxylic acids is 1. The van der Waals surface area contributed by atoms with Gasteiger partial charge in [-0.15, -0.1) is 0 Å². The van der Waals surface area contributed by atoms with Crippen LogP contribution in [0.25, 0.3) is 0 Å². The van der Waals surface area contributed by atoms with Crippen LogP contribution in [0.1, 0.15) is 41.6 Å². The highest BCUT2D eigenvalue weighted by Crippen LogP contribution is 2.39. The molecule has 0 radical (unpaired) electrons. The summed E-state index contributed by atoms with van der Waals surface area (Å²) in [7, 11) is 3.11. The summed E-state index contributed by atoms with van der Waals surface area (Å²) in [5.74, 6) is -0.471. The maximum absolute atomic E-state index is 13.2. The van der Waals surface area contributed by atoms with E-state index in [1.807, 2.05) is 11.0 Å². The molecule has 0 bridgehead atoms. The molecule has 7 heteroatoms. The van der Waals surface area contributed by atoms with Crippen molar-refractivity contribution in [3.63, 3.8) is 0 Å². The van der Waals surface area contributed by atoms with Crippen LogP contribution in [0.3, 0.4) is 0 Å². The van der Waals surface area contributed by atoms with Gasteiger partial charge in [-0.1, -0.05) is 6.07 Å². The Bertz CT molecular complexity index is 708. The van der Waals surface area contributed by atoms with Gasteiger partial charge in [-0.3, -0.25) is 9.69 Å². The van der Waals surface area contributed by atoms with Crippen molar-refractivity contribution in [2.45, 2.75) is 37.8 Å². The summed E-state index contributed by atoms with van der Waals surface area (Å²) in [5.41, 5.74) is 0.575. The van der Waals surface area contributed by atoms with Gasteiger partial charge in [0, 0.05) is 26.7 Å². The Kier molecular flexibility index (Phi) is 6.01. The van der Waals surface area contributed by atoms with Gasteiger partial charge in [-0.2, -0.15) is 0 Å². The summed E-state index contributed by atoms with van der Waals surface area (Å²) in [6.07, 6.45) is 3.68. The molecule has 1 aromatic rings. The Morgan fingerprint density at radius 2 is 1.96 bits per heavy atom. The summed E-state index contributed by atoms with van der Waals surface area (Å²) in [6.45, 7) is 3.36. The van der Waals surface area contributed by atoms with Crippen molar-refractivity contribution in [3.05, 3.63) is 29.3 Å². The number of hydrogen-bond acceptors (Lipinski definition) is 5. The first kappa shape index (κ1) is 19.6. The second kappa shape index (κ2) is 8.27. The number of ether oxygens (including phenoxy) is 2. The highest BCUT2D eigenvalue weighted by atomic mass is 16.5. The molecule has 0 saturated carbocycles. The fourth-order valence-electron chi connectivity index (χ4n) is 4.41. The van der Waals surface area contributed by atoms with E-state index in [0.717, 1.165) is 44.3 Å². The average molecular weight is 376 g/mol. The highest BCUT2D eigenvalue weighted by Gasteiger charge is 2.50. The smallest absolute Gasteiger partial charge is 0.339 e. The number of rotatable bonds is 7. The lowest BCUT2D eigenvalue weighted by Crippen LogP contribution is -2.60. The molecule has 0 aromatic heterocycles. The number of methoxy groups -OCH3 is 2. The molecule has 3 rings (SSSR count). The van der Waals surface area contributed by atoms with E-state index in [2.05, 4.69) is 4.90 Å². The number of nitrogens with zero attached hydrogens (tertiary/aromatic N) is 2. The lowest BCUT2D eigenvalue weighted by atomic mass is 9.85. The third-order valence-corrected chi connectivity index (χ3v) is 5.76. The van der Waals surface area contributed by atoms with Crippen molar-refractivity contribution in [1.82, 2.24) is 9.80 Å².